The Morgan fingerprint density at radius 1 is 0.327 bits per heavy atom. The highest BCUT2D eigenvalue weighted by Crippen LogP contribution is 2.41. The van der Waals surface area contributed by atoms with Crippen LogP contribution in [0.1, 0.15) is 5.56 Å². The van der Waals surface area contributed by atoms with E-state index in [0.717, 1.165) is 22.7 Å². The highest BCUT2D eigenvalue weighted by Gasteiger charge is 2.18. The summed E-state index contributed by atoms with van der Waals surface area (Å²) in [7, 11) is 0. The van der Waals surface area contributed by atoms with Crippen LogP contribution in [0.25, 0.3) is 66.1 Å². The Balaban J connectivity index is 1.08. The summed E-state index contributed by atoms with van der Waals surface area (Å²) < 4.78 is 4.77. The topological polar surface area (TPSA) is 13.1 Å². The number of nitrogens with zero attached hydrogens (tertiary/aromatic N) is 3. The predicted molar refractivity (Wildman–Crippen MR) is 220 cm³/mol. The molecule has 8 aromatic carbocycles. The summed E-state index contributed by atoms with van der Waals surface area (Å²) in [5.74, 6) is 0. The van der Waals surface area contributed by atoms with Crippen LogP contribution in [0.15, 0.2) is 194 Å². The second-order valence-electron chi connectivity index (χ2n) is 13.5. The number of aryl methyl sites for hydroxylation is 1. The highest BCUT2D eigenvalue weighted by molar-refractivity contribution is 6.11. The average Bonchev–Trinajstić information content (AvgIpc) is 3.72. The van der Waals surface area contributed by atoms with Crippen LogP contribution >= 0.6 is 0 Å². The fourth-order valence-electron chi connectivity index (χ4n) is 8.04. The van der Waals surface area contributed by atoms with E-state index in [1.54, 1.807) is 0 Å². The van der Waals surface area contributed by atoms with Gasteiger partial charge in [0.1, 0.15) is 0 Å². The quantitative estimate of drug-likeness (QED) is 0.172. The van der Waals surface area contributed by atoms with E-state index in [0.29, 0.717) is 0 Å². The zero-order chi connectivity index (χ0) is 34.6. The van der Waals surface area contributed by atoms with E-state index in [4.69, 9.17) is 0 Å². The second-order valence-corrected chi connectivity index (χ2v) is 13.5. The summed E-state index contributed by atoms with van der Waals surface area (Å²) in [5.41, 5.74) is 14.1. The first-order valence-electron chi connectivity index (χ1n) is 17.9. The minimum absolute atomic E-state index is 1.11. The van der Waals surface area contributed by atoms with Crippen molar-refractivity contribution >= 4 is 60.7 Å². The molecule has 0 atom stereocenters. The maximum Gasteiger partial charge on any atom is 0.0542 e. The van der Waals surface area contributed by atoms with E-state index in [9.17, 15) is 0 Å². The molecule has 0 spiro atoms. The maximum absolute atomic E-state index is 2.40. The Kier molecular flexibility index (Phi) is 7.04. The van der Waals surface area contributed by atoms with Gasteiger partial charge in [-0.05, 0) is 109 Å². The zero-order valence-electron chi connectivity index (χ0n) is 28.8. The van der Waals surface area contributed by atoms with E-state index in [2.05, 4.69) is 215 Å². The normalized spacial score (nSPS) is 11.6. The zero-order valence-corrected chi connectivity index (χ0v) is 28.8. The molecule has 246 valence electrons. The molecule has 0 saturated heterocycles. The first kappa shape index (κ1) is 30.0. The number of hydrogen-bond donors (Lipinski definition) is 0. The van der Waals surface area contributed by atoms with E-state index >= 15 is 0 Å². The minimum atomic E-state index is 1.11. The summed E-state index contributed by atoms with van der Waals surface area (Å²) in [4.78, 5) is 2.36. The molecular weight excluding hydrogens is 631 g/mol. The Morgan fingerprint density at radius 3 is 1.44 bits per heavy atom. The lowest BCUT2D eigenvalue weighted by Gasteiger charge is -2.26. The third-order valence-electron chi connectivity index (χ3n) is 10.3. The summed E-state index contributed by atoms with van der Waals surface area (Å²) in [6, 6.07) is 70.2. The third kappa shape index (κ3) is 4.90. The molecule has 10 rings (SSSR count). The summed E-state index contributed by atoms with van der Waals surface area (Å²) >= 11 is 0. The van der Waals surface area contributed by atoms with E-state index < -0.39 is 0 Å². The van der Waals surface area contributed by atoms with Gasteiger partial charge >= 0.3 is 0 Å². The standard InChI is InChI=1S/C49H35N3/c1-34-30-36(32-41(31-34)52-46-21-11-8-18-42(46)43-19-9-12-22-47(43)52)35-24-26-39(27-25-35)50(37-14-4-2-5-15-37)40-28-29-49-45(33-40)44-20-10-13-23-48(44)51(49)38-16-6-3-7-17-38/h2-33H,1H3. The summed E-state index contributed by atoms with van der Waals surface area (Å²) in [6.07, 6.45) is 0. The van der Waals surface area contributed by atoms with Crippen molar-refractivity contribution in [3.05, 3.63) is 200 Å². The van der Waals surface area contributed by atoms with Gasteiger partial charge in [-0.2, -0.15) is 0 Å². The molecule has 0 aliphatic rings. The van der Waals surface area contributed by atoms with Gasteiger partial charge in [-0.1, -0.05) is 109 Å². The van der Waals surface area contributed by atoms with Crippen LogP contribution in [0.4, 0.5) is 17.1 Å². The molecule has 52 heavy (non-hydrogen) atoms. The van der Waals surface area contributed by atoms with E-state index in [-0.39, 0.29) is 0 Å². The molecule has 10 aromatic rings. The molecule has 0 bridgehead atoms. The van der Waals surface area contributed by atoms with Gasteiger partial charge in [0.05, 0.1) is 22.1 Å². The van der Waals surface area contributed by atoms with Crippen LogP contribution < -0.4 is 4.90 Å². The predicted octanol–water partition coefficient (Wildman–Crippen LogP) is 13.3. The van der Waals surface area contributed by atoms with Crippen molar-refractivity contribution < 1.29 is 0 Å². The van der Waals surface area contributed by atoms with Crippen molar-refractivity contribution in [3.63, 3.8) is 0 Å². The summed E-state index contributed by atoms with van der Waals surface area (Å²) in [5, 5.41) is 5.01. The van der Waals surface area contributed by atoms with Crippen LogP contribution in [-0.2, 0) is 0 Å². The number of fused-ring (bicyclic) bond motifs is 6. The lowest BCUT2D eigenvalue weighted by atomic mass is 10.0. The van der Waals surface area contributed by atoms with Gasteiger partial charge in [-0.15, -0.1) is 0 Å². The van der Waals surface area contributed by atoms with Crippen LogP contribution in [0, 0.1) is 6.92 Å². The number of anilines is 3. The van der Waals surface area contributed by atoms with Gasteiger partial charge in [-0.3, -0.25) is 0 Å². The number of aromatic nitrogens is 2. The smallest absolute Gasteiger partial charge is 0.0542 e. The Bertz CT molecular complexity index is 2840. The van der Waals surface area contributed by atoms with Crippen LogP contribution in [0.3, 0.4) is 0 Å². The highest BCUT2D eigenvalue weighted by atomic mass is 15.1. The third-order valence-corrected chi connectivity index (χ3v) is 10.3. The maximum atomic E-state index is 2.40. The van der Waals surface area contributed by atoms with Gasteiger partial charge in [0.15, 0.2) is 0 Å². The molecule has 0 amide bonds. The van der Waals surface area contributed by atoms with E-state index in [1.165, 1.54) is 66.0 Å². The molecule has 0 aliphatic carbocycles. The fraction of sp³-hybridized carbons (Fsp3) is 0.0204. The number of benzene rings is 8. The lowest BCUT2D eigenvalue weighted by Crippen LogP contribution is -2.09. The SMILES string of the molecule is Cc1cc(-c2ccc(N(c3ccccc3)c3ccc4c(c3)c3ccccc3n4-c3ccccc3)cc2)cc(-n2c3ccccc3c3ccccc32)c1. The van der Waals surface area contributed by atoms with Crippen LogP contribution in [0.2, 0.25) is 0 Å². The van der Waals surface area contributed by atoms with Gasteiger partial charge in [0.25, 0.3) is 0 Å². The van der Waals surface area contributed by atoms with Crippen molar-refractivity contribution in [2.75, 3.05) is 4.90 Å². The molecule has 2 aromatic heterocycles. The largest absolute Gasteiger partial charge is 0.310 e. The number of para-hydroxylation sites is 5. The molecule has 0 N–H and O–H groups in total. The molecule has 0 radical (unpaired) electrons. The molecule has 0 aliphatic heterocycles. The van der Waals surface area contributed by atoms with Crippen molar-refractivity contribution in [1.29, 1.82) is 0 Å². The van der Waals surface area contributed by atoms with Gasteiger partial charge in [0.2, 0.25) is 0 Å². The molecule has 0 unspecified atom stereocenters. The average molecular weight is 666 g/mol. The van der Waals surface area contributed by atoms with Gasteiger partial charge in [-0.25, -0.2) is 0 Å². The van der Waals surface area contributed by atoms with Crippen molar-refractivity contribution in [2.45, 2.75) is 6.92 Å². The first-order chi connectivity index (χ1) is 25.7. The second kappa shape index (κ2) is 12.2. The number of rotatable bonds is 6. The minimum Gasteiger partial charge on any atom is -0.310 e. The fourth-order valence-corrected chi connectivity index (χ4v) is 8.04. The lowest BCUT2D eigenvalue weighted by molar-refractivity contribution is 1.17. The Morgan fingerprint density at radius 2 is 0.808 bits per heavy atom. The van der Waals surface area contributed by atoms with Crippen LogP contribution in [-0.4, -0.2) is 9.13 Å². The Hall–Kier alpha value is -6.84. The van der Waals surface area contributed by atoms with Crippen molar-refractivity contribution in [2.24, 2.45) is 0 Å². The first-order valence-corrected chi connectivity index (χ1v) is 17.9. The monoisotopic (exact) mass is 665 g/mol. The summed E-state index contributed by atoms with van der Waals surface area (Å²) in [6.45, 7) is 2.19. The molecule has 0 fully saturated rings. The molecule has 0 saturated carbocycles. The van der Waals surface area contributed by atoms with Gasteiger partial charge < -0.3 is 14.0 Å². The van der Waals surface area contributed by atoms with Crippen molar-refractivity contribution in [3.8, 4) is 22.5 Å². The van der Waals surface area contributed by atoms with Crippen molar-refractivity contribution in [1.82, 2.24) is 9.13 Å². The van der Waals surface area contributed by atoms with Crippen LogP contribution in [0.5, 0.6) is 0 Å². The molecule has 3 heteroatoms. The molecule has 3 nitrogen and oxygen atoms in total. The Labute approximate surface area is 302 Å². The van der Waals surface area contributed by atoms with E-state index in [1.807, 2.05) is 0 Å². The van der Waals surface area contributed by atoms with Gasteiger partial charge in [0, 0.05) is 50.0 Å². The molecule has 2 heterocycles. The number of hydrogen-bond acceptors (Lipinski definition) is 1. The molecular formula is C49H35N3.